The maximum Gasteiger partial charge on any atom is 0.248 e. The number of anilines is 2. The standard InChI is InChI=1S/C23H26N2O4/c1-5-28-21-13-18-11-15(3)29-22(18)12-17(21)7-9-23(27)25-20-10-14(2)6-8-19(20)24-16(4)26/h6-10,12-13,15H,5,11H2,1-4H3,(H,24,26)(H,25,27)/b9-7+. The predicted molar refractivity (Wildman–Crippen MR) is 115 cm³/mol. The lowest BCUT2D eigenvalue weighted by Crippen LogP contribution is -2.13. The number of rotatable bonds is 6. The molecule has 0 saturated carbocycles. The molecular weight excluding hydrogens is 368 g/mol. The van der Waals surface area contributed by atoms with Crippen molar-refractivity contribution < 1.29 is 19.1 Å². The largest absolute Gasteiger partial charge is 0.493 e. The van der Waals surface area contributed by atoms with E-state index >= 15 is 0 Å². The summed E-state index contributed by atoms with van der Waals surface area (Å²) in [4.78, 5) is 23.9. The van der Waals surface area contributed by atoms with E-state index in [2.05, 4.69) is 10.6 Å². The summed E-state index contributed by atoms with van der Waals surface area (Å²) in [5, 5.41) is 5.55. The van der Waals surface area contributed by atoms with Crippen LogP contribution in [0.25, 0.3) is 6.08 Å². The summed E-state index contributed by atoms with van der Waals surface area (Å²) in [6.07, 6.45) is 4.14. The molecule has 1 unspecified atom stereocenters. The molecule has 1 atom stereocenters. The summed E-state index contributed by atoms with van der Waals surface area (Å²) in [5.74, 6) is 1.04. The summed E-state index contributed by atoms with van der Waals surface area (Å²) in [6.45, 7) is 7.83. The highest BCUT2D eigenvalue weighted by Gasteiger charge is 2.21. The first-order valence-corrected chi connectivity index (χ1v) is 9.69. The molecule has 0 aliphatic carbocycles. The third-order valence-corrected chi connectivity index (χ3v) is 4.49. The van der Waals surface area contributed by atoms with E-state index in [1.54, 1.807) is 12.1 Å². The number of nitrogens with one attached hydrogen (secondary N) is 2. The summed E-state index contributed by atoms with van der Waals surface area (Å²) >= 11 is 0. The Balaban J connectivity index is 1.80. The van der Waals surface area contributed by atoms with Crippen LogP contribution in [-0.4, -0.2) is 24.5 Å². The van der Waals surface area contributed by atoms with Crippen molar-refractivity contribution in [3.63, 3.8) is 0 Å². The Labute approximate surface area is 170 Å². The van der Waals surface area contributed by atoms with Gasteiger partial charge in [-0.15, -0.1) is 0 Å². The average Bonchev–Trinajstić information content (AvgIpc) is 3.01. The second-order valence-electron chi connectivity index (χ2n) is 7.12. The Morgan fingerprint density at radius 2 is 2.00 bits per heavy atom. The molecule has 2 amide bonds. The van der Waals surface area contributed by atoms with Crippen LogP contribution >= 0.6 is 0 Å². The molecule has 2 aromatic carbocycles. The van der Waals surface area contributed by atoms with E-state index in [1.807, 2.05) is 45.0 Å². The average molecular weight is 394 g/mol. The Morgan fingerprint density at radius 1 is 1.21 bits per heavy atom. The Kier molecular flexibility index (Phi) is 6.22. The van der Waals surface area contributed by atoms with Crippen molar-refractivity contribution in [3.8, 4) is 11.5 Å². The topological polar surface area (TPSA) is 76.7 Å². The Bertz CT molecular complexity index is 966. The molecule has 1 aliphatic heterocycles. The highest BCUT2D eigenvalue weighted by molar-refractivity contribution is 6.05. The van der Waals surface area contributed by atoms with E-state index in [-0.39, 0.29) is 17.9 Å². The SMILES string of the molecule is CCOc1cc2c(cc1/C=C/C(=O)Nc1cc(C)ccc1NC(C)=O)OC(C)C2. The number of benzene rings is 2. The van der Waals surface area contributed by atoms with Gasteiger partial charge in [-0.2, -0.15) is 0 Å². The quantitative estimate of drug-likeness (QED) is 0.715. The zero-order valence-electron chi connectivity index (χ0n) is 17.2. The zero-order valence-corrected chi connectivity index (χ0v) is 17.2. The molecule has 0 saturated heterocycles. The van der Waals surface area contributed by atoms with Crippen LogP contribution < -0.4 is 20.1 Å². The lowest BCUT2D eigenvalue weighted by atomic mass is 10.1. The minimum absolute atomic E-state index is 0.135. The fraction of sp³-hybridized carbons (Fsp3) is 0.304. The van der Waals surface area contributed by atoms with E-state index in [4.69, 9.17) is 9.47 Å². The molecule has 0 fully saturated rings. The molecule has 0 spiro atoms. The van der Waals surface area contributed by atoms with Crippen molar-refractivity contribution >= 4 is 29.3 Å². The van der Waals surface area contributed by atoms with Crippen molar-refractivity contribution in [2.75, 3.05) is 17.2 Å². The van der Waals surface area contributed by atoms with Gasteiger partial charge in [0.15, 0.2) is 0 Å². The van der Waals surface area contributed by atoms with Gasteiger partial charge in [-0.1, -0.05) is 6.07 Å². The van der Waals surface area contributed by atoms with Crippen LogP contribution in [-0.2, 0) is 16.0 Å². The molecule has 3 rings (SSSR count). The molecule has 0 aromatic heterocycles. The molecular formula is C23H26N2O4. The van der Waals surface area contributed by atoms with E-state index in [9.17, 15) is 9.59 Å². The summed E-state index contributed by atoms with van der Waals surface area (Å²) in [6, 6.07) is 9.34. The van der Waals surface area contributed by atoms with Gasteiger partial charge in [0.05, 0.1) is 18.0 Å². The molecule has 2 aromatic rings. The first kappa shape index (κ1) is 20.5. The monoisotopic (exact) mass is 394 g/mol. The minimum Gasteiger partial charge on any atom is -0.493 e. The second-order valence-corrected chi connectivity index (χ2v) is 7.12. The van der Waals surface area contributed by atoms with Gasteiger partial charge in [0.25, 0.3) is 0 Å². The van der Waals surface area contributed by atoms with E-state index < -0.39 is 0 Å². The molecule has 0 radical (unpaired) electrons. The van der Waals surface area contributed by atoms with Gasteiger partial charge in [-0.25, -0.2) is 0 Å². The maximum atomic E-state index is 12.5. The van der Waals surface area contributed by atoms with Crippen LogP contribution in [0.15, 0.2) is 36.4 Å². The molecule has 6 nitrogen and oxygen atoms in total. The normalized spacial score (nSPS) is 15.0. The number of carbonyl (C=O) groups excluding carboxylic acids is 2. The van der Waals surface area contributed by atoms with Crippen LogP contribution in [0.2, 0.25) is 0 Å². The van der Waals surface area contributed by atoms with Gasteiger partial charge >= 0.3 is 0 Å². The molecule has 1 aliphatic rings. The molecule has 6 heteroatoms. The fourth-order valence-corrected chi connectivity index (χ4v) is 3.27. The molecule has 1 heterocycles. The fourth-order valence-electron chi connectivity index (χ4n) is 3.27. The van der Waals surface area contributed by atoms with Gasteiger partial charge in [-0.05, 0) is 56.7 Å². The highest BCUT2D eigenvalue weighted by atomic mass is 16.5. The molecule has 29 heavy (non-hydrogen) atoms. The second kappa shape index (κ2) is 8.82. The van der Waals surface area contributed by atoms with Gasteiger partial charge in [0.1, 0.15) is 17.6 Å². The zero-order chi connectivity index (χ0) is 21.0. The van der Waals surface area contributed by atoms with Gasteiger partial charge in [-0.3, -0.25) is 9.59 Å². The molecule has 0 bridgehead atoms. The van der Waals surface area contributed by atoms with Crippen LogP contribution in [0.5, 0.6) is 11.5 Å². The van der Waals surface area contributed by atoms with E-state index in [0.29, 0.717) is 18.0 Å². The highest BCUT2D eigenvalue weighted by Crippen LogP contribution is 2.35. The molecule has 2 N–H and O–H groups in total. The number of hydrogen-bond acceptors (Lipinski definition) is 4. The Hall–Kier alpha value is -3.28. The number of ether oxygens (including phenoxy) is 2. The van der Waals surface area contributed by atoms with E-state index in [0.717, 1.165) is 34.6 Å². The maximum absolute atomic E-state index is 12.5. The van der Waals surface area contributed by atoms with Crippen LogP contribution in [0.1, 0.15) is 37.5 Å². The number of fused-ring (bicyclic) bond motifs is 1. The van der Waals surface area contributed by atoms with Crippen LogP contribution in [0.3, 0.4) is 0 Å². The van der Waals surface area contributed by atoms with Crippen LogP contribution in [0, 0.1) is 6.92 Å². The van der Waals surface area contributed by atoms with Gasteiger partial charge in [0.2, 0.25) is 11.8 Å². The van der Waals surface area contributed by atoms with E-state index in [1.165, 1.54) is 13.0 Å². The summed E-state index contributed by atoms with van der Waals surface area (Å²) in [7, 11) is 0. The van der Waals surface area contributed by atoms with Crippen molar-refractivity contribution in [1.29, 1.82) is 0 Å². The van der Waals surface area contributed by atoms with Crippen molar-refractivity contribution in [2.24, 2.45) is 0 Å². The lowest BCUT2D eigenvalue weighted by Gasteiger charge is -2.12. The number of carbonyl (C=O) groups is 2. The van der Waals surface area contributed by atoms with Crippen molar-refractivity contribution in [1.82, 2.24) is 0 Å². The van der Waals surface area contributed by atoms with Crippen molar-refractivity contribution in [3.05, 3.63) is 53.1 Å². The number of amides is 2. The predicted octanol–water partition coefficient (Wildman–Crippen LogP) is 4.33. The summed E-state index contributed by atoms with van der Waals surface area (Å²) < 4.78 is 11.6. The van der Waals surface area contributed by atoms with Gasteiger partial charge < -0.3 is 20.1 Å². The third-order valence-electron chi connectivity index (χ3n) is 4.49. The number of aryl methyl sites for hydroxylation is 1. The lowest BCUT2D eigenvalue weighted by molar-refractivity contribution is -0.114. The third kappa shape index (κ3) is 5.16. The Morgan fingerprint density at radius 3 is 2.72 bits per heavy atom. The van der Waals surface area contributed by atoms with Gasteiger partial charge in [0, 0.05) is 30.5 Å². The minimum atomic E-state index is -0.306. The molecule has 152 valence electrons. The van der Waals surface area contributed by atoms with Crippen molar-refractivity contribution in [2.45, 2.75) is 40.2 Å². The first-order valence-electron chi connectivity index (χ1n) is 9.69. The van der Waals surface area contributed by atoms with Crippen LogP contribution in [0.4, 0.5) is 11.4 Å². The smallest absolute Gasteiger partial charge is 0.248 e. The first-order chi connectivity index (χ1) is 13.9. The number of hydrogen-bond donors (Lipinski definition) is 2. The summed E-state index contributed by atoms with van der Waals surface area (Å²) in [5.41, 5.74) is 3.97.